The highest BCUT2D eigenvalue weighted by Crippen LogP contribution is 2.22. The molecule has 0 radical (unpaired) electrons. The summed E-state index contributed by atoms with van der Waals surface area (Å²) in [7, 11) is 0. The van der Waals surface area contributed by atoms with Gasteiger partial charge in [0, 0.05) is 34.2 Å². The molecule has 0 aliphatic rings. The minimum absolute atomic E-state index is 0.627. The number of hydrogen-bond donors (Lipinski definition) is 1. The Morgan fingerprint density at radius 2 is 1.82 bits per heavy atom. The van der Waals surface area contributed by atoms with Gasteiger partial charge in [0.1, 0.15) is 0 Å². The molecule has 0 saturated heterocycles. The Balaban J connectivity index is 2.04. The van der Waals surface area contributed by atoms with Crippen LogP contribution in [-0.4, -0.2) is 4.98 Å². The molecule has 2 nitrogen and oxygen atoms in total. The van der Waals surface area contributed by atoms with E-state index in [0.29, 0.717) is 16.6 Å². The summed E-state index contributed by atoms with van der Waals surface area (Å²) >= 11 is 11.8. The van der Waals surface area contributed by atoms with Gasteiger partial charge in [-0.15, -0.1) is 0 Å². The summed E-state index contributed by atoms with van der Waals surface area (Å²) in [5.74, 6) is 0. The summed E-state index contributed by atoms with van der Waals surface area (Å²) in [6, 6.07) is 9.43. The van der Waals surface area contributed by atoms with Gasteiger partial charge in [0.25, 0.3) is 0 Å². The van der Waals surface area contributed by atoms with Crippen molar-refractivity contribution in [1.82, 2.24) is 4.98 Å². The third-order valence-corrected chi connectivity index (χ3v) is 2.77. The number of rotatable bonds is 3. The zero-order valence-corrected chi connectivity index (χ0v) is 10.9. The second-order valence-corrected chi connectivity index (χ2v) is 4.69. The van der Waals surface area contributed by atoms with Crippen molar-refractivity contribution >= 4 is 28.9 Å². The zero-order chi connectivity index (χ0) is 12.3. The average Bonchev–Trinajstić information content (AvgIpc) is 2.27. The highest BCUT2D eigenvalue weighted by molar-refractivity contribution is 6.35. The van der Waals surface area contributed by atoms with Gasteiger partial charge < -0.3 is 5.32 Å². The van der Waals surface area contributed by atoms with Crippen molar-refractivity contribution in [3.05, 3.63) is 57.8 Å². The molecule has 0 saturated carbocycles. The van der Waals surface area contributed by atoms with E-state index >= 15 is 0 Å². The standard InChI is InChI=1S/C13H12Cl2N2/c1-9-2-3-10(7-16-9)8-17-13-5-11(14)4-12(15)6-13/h2-7,17H,8H2,1H3. The second-order valence-electron chi connectivity index (χ2n) is 3.82. The molecule has 4 heteroatoms. The molecule has 0 amide bonds. The van der Waals surface area contributed by atoms with Gasteiger partial charge >= 0.3 is 0 Å². The Morgan fingerprint density at radius 3 is 2.41 bits per heavy atom. The van der Waals surface area contributed by atoms with Crippen molar-refractivity contribution in [2.45, 2.75) is 13.5 Å². The molecule has 1 aromatic heterocycles. The summed E-state index contributed by atoms with van der Waals surface area (Å²) < 4.78 is 0. The van der Waals surface area contributed by atoms with Gasteiger partial charge in [0.2, 0.25) is 0 Å². The molecule has 0 spiro atoms. The molecule has 1 N–H and O–H groups in total. The fourth-order valence-corrected chi connectivity index (χ4v) is 1.99. The lowest BCUT2D eigenvalue weighted by atomic mass is 10.2. The molecule has 0 aliphatic carbocycles. The lowest BCUT2D eigenvalue weighted by Crippen LogP contribution is -2.00. The number of aromatic nitrogens is 1. The first kappa shape index (κ1) is 12.2. The monoisotopic (exact) mass is 266 g/mol. The number of nitrogens with zero attached hydrogens (tertiary/aromatic N) is 1. The Kier molecular flexibility index (Phi) is 3.87. The van der Waals surface area contributed by atoms with Crippen LogP contribution >= 0.6 is 23.2 Å². The highest BCUT2D eigenvalue weighted by Gasteiger charge is 1.98. The van der Waals surface area contributed by atoms with Gasteiger partial charge in [-0.25, -0.2) is 0 Å². The van der Waals surface area contributed by atoms with Gasteiger partial charge in [-0.2, -0.15) is 0 Å². The number of anilines is 1. The lowest BCUT2D eigenvalue weighted by Gasteiger charge is -2.07. The lowest BCUT2D eigenvalue weighted by molar-refractivity contribution is 1.09. The van der Waals surface area contributed by atoms with Crippen LogP contribution in [-0.2, 0) is 6.54 Å². The fourth-order valence-electron chi connectivity index (χ4n) is 1.46. The molecular weight excluding hydrogens is 255 g/mol. The largest absolute Gasteiger partial charge is 0.381 e. The highest BCUT2D eigenvalue weighted by atomic mass is 35.5. The molecular formula is C13H12Cl2N2. The summed E-state index contributed by atoms with van der Waals surface area (Å²) in [5, 5.41) is 4.51. The van der Waals surface area contributed by atoms with Gasteiger partial charge in [-0.3, -0.25) is 4.98 Å². The predicted molar refractivity (Wildman–Crippen MR) is 72.8 cm³/mol. The van der Waals surface area contributed by atoms with Crippen LogP contribution in [0.3, 0.4) is 0 Å². The number of hydrogen-bond acceptors (Lipinski definition) is 2. The van der Waals surface area contributed by atoms with Gasteiger partial charge in [0.15, 0.2) is 0 Å². The molecule has 2 rings (SSSR count). The van der Waals surface area contributed by atoms with Gasteiger partial charge in [-0.1, -0.05) is 29.3 Å². The third kappa shape index (κ3) is 3.62. The van der Waals surface area contributed by atoms with E-state index < -0.39 is 0 Å². The fraction of sp³-hybridized carbons (Fsp3) is 0.154. The SMILES string of the molecule is Cc1ccc(CNc2cc(Cl)cc(Cl)c2)cn1. The maximum Gasteiger partial charge on any atom is 0.0441 e. The Hall–Kier alpha value is -1.25. The zero-order valence-electron chi connectivity index (χ0n) is 9.37. The van der Waals surface area contributed by atoms with Crippen LogP contribution in [0.15, 0.2) is 36.5 Å². The Bertz CT molecular complexity index is 489. The van der Waals surface area contributed by atoms with Crippen LogP contribution in [0.4, 0.5) is 5.69 Å². The first-order valence-electron chi connectivity index (χ1n) is 5.25. The van der Waals surface area contributed by atoms with Gasteiger partial charge in [-0.05, 0) is 36.8 Å². The molecule has 0 aliphatic heterocycles. The predicted octanol–water partition coefficient (Wildman–Crippen LogP) is 4.31. The molecule has 1 aromatic carbocycles. The normalized spacial score (nSPS) is 10.3. The van der Waals surface area contributed by atoms with E-state index in [1.54, 1.807) is 6.07 Å². The van der Waals surface area contributed by atoms with Crippen LogP contribution in [0.25, 0.3) is 0 Å². The number of nitrogens with one attached hydrogen (secondary N) is 1. The van der Waals surface area contributed by atoms with Crippen molar-refractivity contribution in [3.63, 3.8) is 0 Å². The number of benzene rings is 1. The first-order chi connectivity index (χ1) is 8.13. The van der Waals surface area contributed by atoms with E-state index in [-0.39, 0.29) is 0 Å². The van der Waals surface area contributed by atoms with Crippen LogP contribution in [0.2, 0.25) is 10.0 Å². The Labute approximate surface area is 111 Å². The van der Waals surface area contributed by atoms with Crippen LogP contribution in [0, 0.1) is 6.92 Å². The Morgan fingerprint density at radius 1 is 1.12 bits per heavy atom. The number of aryl methyl sites for hydroxylation is 1. The summed E-state index contributed by atoms with van der Waals surface area (Å²) in [4.78, 5) is 4.23. The first-order valence-corrected chi connectivity index (χ1v) is 6.00. The molecule has 1 heterocycles. The van der Waals surface area contributed by atoms with E-state index in [2.05, 4.69) is 10.3 Å². The molecule has 0 bridgehead atoms. The van der Waals surface area contributed by atoms with E-state index in [0.717, 1.165) is 16.9 Å². The summed E-state index contributed by atoms with van der Waals surface area (Å²) in [6.45, 7) is 2.66. The topological polar surface area (TPSA) is 24.9 Å². The van der Waals surface area contributed by atoms with Gasteiger partial charge in [0.05, 0.1) is 0 Å². The van der Waals surface area contributed by atoms with E-state index in [1.165, 1.54) is 0 Å². The molecule has 0 unspecified atom stereocenters. The van der Waals surface area contributed by atoms with Crippen molar-refractivity contribution in [2.75, 3.05) is 5.32 Å². The van der Waals surface area contributed by atoms with Crippen molar-refractivity contribution in [2.24, 2.45) is 0 Å². The number of pyridine rings is 1. The number of halogens is 2. The molecule has 88 valence electrons. The van der Waals surface area contributed by atoms with Crippen molar-refractivity contribution in [3.8, 4) is 0 Å². The second kappa shape index (κ2) is 5.39. The summed E-state index contributed by atoms with van der Waals surface area (Å²) in [5.41, 5.74) is 3.04. The molecule has 0 fully saturated rings. The maximum absolute atomic E-state index is 5.92. The van der Waals surface area contributed by atoms with E-state index in [4.69, 9.17) is 23.2 Å². The van der Waals surface area contributed by atoms with Crippen molar-refractivity contribution in [1.29, 1.82) is 0 Å². The third-order valence-electron chi connectivity index (χ3n) is 2.33. The molecule has 0 atom stereocenters. The average molecular weight is 267 g/mol. The summed E-state index contributed by atoms with van der Waals surface area (Å²) in [6.07, 6.45) is 1.86. The van der Waals surface area contributed by atoms with E-state index in [9.17, 15) is 0 Å². The minimum atomic E-state index is 0.627. The minimum Gasteiger partial charge on any atom is -0.381 e. The van der Waals surface area contributed by atoms with Crippen LogP contribution in [0.1, 0.15) is 11.3 Å². The van der Waals surface area contributed by atoms with Crippen LogP contribution in [0.5, 0.6) is 0 Å². The maximum atomic E-state index is 5.92. The smallest absolute Gasteiger partial charge is 0.0441 e. The van der Waals surface area contributed by atoms with Crippen LogP contribution < -0.4 is 5.32 Å². The molecule has 17 heavy (non-hydrogen) atoms. The quantitative estimate of drug-likeness (QED) is 0.896. The molecule has 2 aromatic rings. The van der Waals surface area contributed by atoms with Crippen molar-refractivity contribution < 1.29 is 0 Å². The van der Waals surface area contributed by atoms with E-state index in [1.807, 2.05) is 37.4 Å².